The minimum atomic E-state index is 0.149. The molecule has 0 aromatic rings. The summed E-state index contributed by atoms with van der Waals surface area (Å²) >= 11 is 0. The normalized spacial score (nSPS) is 16.1. The topological polar surface area (TPSA) is 21.3 Å². The Morgan fingerprint density at radius 3 is 2.20 bits per heavy atom. The number of hydrogen-bond acceptors (Lipinski definition) is 2. The van der Waals surface area contributed by atoms with E-state index in [0.717, 1.165) is 12.8 Å². The molecule has 0 saturated heterocycles. The number of methoxy groups -OCH3 is 1. The van der Waals surface area contributed by atoms with E-state index in [2.05, 4.69) is 39.6 Å². The zero-order valence-electron chi connectivity index (χ0n) is 11.2. The molecule has 0 aromatic heterocycles. The highest BCUT2D eigenvalue weighted by Crippen LogP contribution is 2.27. The molecule has 0 spiro atoms. The van der Waals surface area contributed by atoms with Gasteiger partial charge in [0.2, 0.25) is 0 Å². The maximum Gasteiger partial charge on any atom is 0.0775 e. The molecular weight excluding hydrogens is 186 g/mol. The Kier molecular flexibility index (Phi) is 6.15. The van der Waals surface area contributed by atoms with E-state index in [9.17, 15) is 0 Å². The van der Waals surface area contributed by atoms with Crippen molar-refractivity contribution in [2.24, 2.45) is 5.41 Å². The van der Waals surface area contributed by atoms with Crippen molar-refractivity contribution in [3.63, 3.8) is 0 Å². The van der Waals surface area contributed by atoms with Crippen LogP contribution < -0.4 is 5.32 Å². The fraction of sp³-hybridized carbons (Fsp3) is 0.846. The lowest BCUT2D eigenvalue weighted by molar-refractivity contribution is -0.00929. The minimum absolute atomic E-state index is 0.149. The van der Waals surface area contributed by atoms with Crippen LogP contribution in [0.5, 0.6) is 0 Å². The minimum Gasteiger partial charge on any atom is -0.379 e. The fourth-order valence-electron chi connectivity index (χ4n) is 1.94. The van der Waals surface area contributed by atoms with Crippen LogP contribution in [0.2, 0.25) is 0 Å². The summed E-state index contributed by atoms with van der Waals surface area (Å²) in [7, 11) is 3.78. The number of hydrogen-bond donors (Lipinski definition) is 1. The molecule has 0 saturated carbocycles. The van der Waals surface area contributed by atoms with Crippen molar-refractivity contribution >= 4 is 0 Å². The number of likely N-dealkylation sites (N-methyl/N-ethyl adjacent to an activating group) is 1. The van der Waals surface area contributed by atoms with Crippen LogP contribution in [-0.4, -0.2) is 26.3 Å². The van der Waals surface area contributed by atoms with Gasteiger partial charge in [-0.15, -0.1) is 0 Å². The van der Waals surface area contributed by atoms with Crippen LogP contribution in [0.3, 0.4) is 0 Å². The van der Waals surface area contributed by atoms with Crippen LogP contribution in [0.15, 0.2) is 12.2 Å². The Labute approximate surface area is 95.1 Å². The number of ether oxygens (including phenoxy) is 1. The summed E-state index contributed by atoms with van der Waals surface area (Å²) in [6.45, 7) is 12.8. The lowest BCUT2D eigenvalue weighted by Crippen LogP contribution is -2.46. The van der Waals surface area contributed by atoms with Gasteiger partial charge in [0.1, 0.15) is 0 Å². The molecule has 0 aliphatic rings. The Bertz CT molecular complexity index is 193. The highest BCUT2D eigenvalue weighted by atomic mass is 16.5. The van der Waals surface area contributed by atoms with E-state index in [0.29, 0.717) is 6.04 Å². The van der Waals surface area contributed by atoms with Crippen molar-refractivity contribution in [2.75, 3.05) is 14.2 Å². The predicted octanol–water partition coefficient (Wildman–Crippen LogP) is 2.99. The molecule has 2 unspecified atom stereocenters. The highest BCUT2D eigenvalue weighted by molar-refractivity contribution is 5.00. The molecule has 0 aliphatic carbocycles. The van der Waals surface area contributed by atoms with Crippen LogP contribution in [0, 0.1) is 5.41 Å². The molecule has 2 nitrogen and oxygen atoms in total. The zero-order valence-corrected chi connectivity index (χ0v) is 11.2. The van der Waals surface area contributed by atoms with Gasteiger partial charge in [-0.25, -0.2) is 0 Å². The van der Waals surface area contributed by atoms with Gasteiger partial charge in [-0.3, -0.25) is 0 Å². The van der Waals surface area contributed by atoms with E-state index in [-0.39, 0.29) is 11.5 Å². The second-order valence-electron chi connectivity index (χ2n) is 5.23. The zero-order chi connectivity index (χ0) is 12.1. The molecular formula is C13H27NO. The summed E-state index contributed by atoms with van der Waals surface area (Å²) in [4.78, 5) is 0. The van der Waals surface area contributed by atoms with Crippen molar-refractivity contribution in [1.82, 2.24) is 5.32 Å². The summed E-state index contributed by atoms with van der Waals surface area (Å²) in [6.07, 6.45) is 2.24. The molecule has 0 bridgehead atoms. The van der Waals surface area contributed by atoms with Gasteiger partial charge < -0.3 is 10.1 Å². The van der Waals surface area contributed by atoms with Crippen LogP contribution in [-0.2, 0) is 4.74 Å². The first-order chi connectivity index (χ1) is 6.86. The van der Waals surface area contributed by atoms with Crippen LogP contribution in [0.1, 0.15) is 40.5 Å². The van der Waals surface area contributed by atoms with Crippen LogP contribution >= 0.6 is 0 Å². The highest BCUT2D eigenvalue weighted by Gasteiger charge is 2.31. The van der Waals surface area contributed by atoms with Gasteiger partial charge in [0.25, 0.3) is 0 Å². The molecule has 0 radical (unpaired) electrons. The number of nitrogens with one attached hydrogen (secondary N) is 1. The Hall–Kier alpha value is -0.340. The second-order valence-corrected chi connectivity index (χ2v) is 5.23. The Balaban J connectivity index is 4.55. The van der Waals surface area contributed by atoms with E-state index in [1.165, 1.54) is 5.57 Å². The van der Waals surface area contributed by atoms with Gasteiger partial charge in [0.05, 0.1) is 6.10 Å². The van der Waals surface area contributed by atoms with Crippen molar-refractivity contribution in [3.8, 4) is 0 Å². The van der Waals surface area contributed by atoms with Crippen molar-refractivity contribution < 1.29 is 4.74 Å². The largest absolute Gasteiger partial charge is 0.379 e. The SMILES string of the molecule is C=C(CC)CC(NC)C(OC)C(C)(C)C. The standard InChI is InChI=1S/C13H27NO/c1-8-10(2)9-11(14-6)12(15-7)13(3,4)5/h11-12,14H,2,8-9H2,1,3-7H3. The van der Waals surface area contributed by atoms with Gasteiger partial charge in [0.15, 0.2) is 0 Å². The first-order valence-corrected chi connectivity index (χ1v) is 5.73. The molecule has 0 amide bonds. The molecule has 0 aliphatic heterocycles. The molecule has 0 aromatic carbocycles. The van der Waals surface area contributed by atoms with E-state index in [1.54, 1.807) is 7.11 Å². The maximum absolute atomic E-state index is 5.61. The summed E-state index contributed by atoms with van der Waals surface area (Å²) in [6, 6.07) is 0.349. The third kappa shape index (κ3) is 4.80. The summed E-state index contributed by atoms with van der Waals surface area (Å²) < 4.78 is 5.61. The third-order valence-corrected chi connectivity index (χ3v) is 2.85. The van der Waals surface area contributed by atoms with Crippen molar-refractivity contribution in [1.29, 1.82) is 0 Å². The second kappa shape index (κ2) is 6.29. The molecule has 0 rings (SSSR count). The molecule has 1 N–H and O–H groups in total. The Morgan fingerprint density at radius 1 is 1.40 bits per heavy atom. The molecule has 0 fully saturated rings. The van der Waals surface area contributed by atoms with E-state index in [1.807, 2.05) is 7.05 Å². The third-order valence-electron chi connectivity index (χ3n) is 2.85. The van der Waals surface area contributed by atoms with Gasteiger partial charge in [0, 0.05) is 13.2 Å². The van der Waals surface area contributed by atoms with Crippen LogP contribution in [0.25, 0.3) is 0 Å². The Morgan fingerprint density at radius 2 is 1.93 bits per heavy atom. The van der Waals surface area contributed by atoms with Crippen molar-refractivity contribution in [2.45, 2.75) is 52.7 Å². The van der Waals surface area contributed by atoms with Crippen molar-refractivity contribution in [3.05, 3.63) is 12.2 Å². The van der Waals surface area contributed by atoms with E-state index >= 15 is 0 Å². The predicted molar refractivity (Wildman–Crippen MR) is 67.1 cm³/mol. The summed E-state index contributed by atoms with van der Waals surface area (Å²) in [5.74, 6) is 0. The lowest BCUT2D eigenvalue weighted by Gasteiger charge is -2.36. The first-order valence-electron chi connectivity index (χ1n) is 5.73. The quantitative estimate of drug-likeness (QED) is 0.685. The van der Waals surface area contributed by atoms with E-state index < -0.39 is 0 Å². The van der Waals surface area contributed by atoms with E-state index in [4.69, 9.17) is 4.74 Å². The monoisotopic (exact) mass is 213 g/mol. The summed E-state index contributed by atoms with van der Waals surface area (Å²) in [5.41, 5.74) is 1.43. The molecule has 15 heavy (non-hydrogen) atoms. The average molecular weight is 213 g/mol. The average Bonchev–Trinajstić information content (AvgIpc) is 2.14. The van der Waals surface area contributed by atoms with Gasteiger partial charge >= 0.3 is 0 Å². The smallest absolute Gasteiger partial charge is 0.0775 e. The molecule has 90 valence electrons. The summed E-state index contributed by atoms with van der Waals surface area (Å²) in [5, 5.41) is 3.34. The fourth-order valence-corrected chi connectivity index (χ4v) is 1.94. The van der Waals surface area contributed by atoms with Crippen LogP contribution in [0.4, 0.5) is 0 Å². The molecule has 2 atom stereocenters. The molecule has 0 heterocycles. The van der Waals surface area contributed by atoms with Gasteiger partial charge in [-0.2, -0.15) is 0 Å². The maximum atomic E-state index is 5.61. The lowest BCUT2D eigenvalue weighted by atomic mass is 9.82. The molecule has 2 heteroatoms. The number of rotatable bonds is 6. The van der Waals surface area contributed by atoms with Gasteiger partial charge in [-0.05, 0) is 25.3 Å². The van der Waals surface area contributed by atoms with Gasteiger partial charge in [-0.1, -0.05) is 39.8 Å². The first kappa shape index (κ1) is 14.7.